The van der Waals surface area contributed by atoms with Crippen LogP contribution in [-0.4, -0.2) is 39.9 Å². The van der Waals surface area contributed by atoms with E-state index >= 15 is 0 Å². The van der Waals surface area contributed by atoms with Crippen molar-refractivity contribution < 1.29 is 0 Å². The molecule has 0 saturated carbocycles. The predicted molar refractivity (Wildman–Crippen MR) is 181 cm³/mol. The van der Waals surface area contributed by atoms with Crippen molar-refractivity contribution in [2.75, 3.05) is 0 Å². The highest BCUT2D eigenvalue weighted by Crippen LogP contribution is 2.38. The minimum absolute atomic E-state index is 0.593. The van der Waals surface area contributed by atoms with Crippen molar-refractivity contribution >= 4 is 43.7 Å². The fraction of sp³-hybridized carbons (Fsp3) is 0. The molecule has 0 radical (unpaired) electrons. The summed E-state index contributed by atoms with van der Waals surface area (Å²) in [6.07, 6.45) is 8.85. The van der Waals surface area contributed by atoms with E-state index in [9.17, 15) is 0 Å². The molecule has 6 aromatic heterocycles. The predicted octanol–water partition coefficient (Wildman–Crippen LogP) is 8.13. The van der Waals surface area contributed by atoms with Gasteiger partial charge in [0.2, 0.25) is 0 Å². The Bertz CT molecular complexity index is 2410. The van der Waals surface area contributed by atoms with E-state index < -0.39 is 0 Å². The second kappa shape index (κ2) is 10.6. The van der Waals surface area contributed by atoms with Crippen LogP contribution in [0.3, 0.4) is 0 Å². The Morgan fingerprint density at radius 3 is 1.67 bits per heavy atom. The minimum Gasteiger partial charge on any atom is -0.264 e. The van der Waals surface area contributed by atoms with Gasteiger partial charge in [-0.25, -0.2) is 29.9 Å². The number of benzene rings is 3. The summed E-state index contributed by atoms with van der Waals surface area (Å²) in [6, 6.07) is 34.3. The maximum Gasteiger partial charge on any atom is 0.160 e. The molecule has 0 saturated heterocycles. The summed E-state index contributed by atoms with van der Waals surface area (Å²) in [7, 11) is 0. The topological polar surface area (TPSA) is 103 Å². The van der Waals surface area contributed by atoms with Crippen LogP contribution < -0.4 is 0 Å². The molecule has 6 heterocycles. The zero-order valence-electron chi connectivity index (χ0n) is 24.3. The Morgan fingerprint density at radius 1 is 0.413 bits per heavy atom. The molecule has 9 rings (SSSR count). The first-order valence-corrected chi connectivity index (χ1v) is 14.8. The molecule has 46 heavy (non-hydrogen) atoms. The Hall–Kier alpha value is -6.54. The highest BCUT2D eigenvalue weighted by molar-refractivity contribution is 6.12. The third-order valence-corrected chi connectivity index (χ3v) is 8.11. The Balaban J connectivity index is 1.39. The minimum atomic E-state index is 0.593. The van der Waals surface area contributed by atoms with Crippen LogP contribution in [0.15, 0.2) is 134 Å². The number of rotatable bonds is 4. The molecule has 8 nitrogen and oxygen atoms in total. The van der Waals surface area contributed by atoms with E-state index in [1.165, 1.54) is 0 Å². The standard InChI is InChI=1S/C38H22N8/c1-3-8-23(9-4-1)32-18-28(37-41-21-25-20-39-17-15-30(25)45-37)26-13-14-27-29(38-42-22-34-31(46-38)12-7-16-40-34)19-33(24-10-5-2-6-11-24)44-36(27)35(26)43-32/h1-22H. The van der Waals surface area contributed by atoms with E-state index in [-0.39, 0.29) is 0 Å². The van der Waals surface area contributed by atoms with E-state index in [4.69, 9.17) is 29.9 Å². The molecule has 8 heteroatoms. The van der Waals surface area contributed by atoms with E-state index in [2.05, 4.69) is 58.5 Å². The molecule has 0 spiro atoms. The van der Waals surface area contributed by atoms with Crippen LogP contribution >= 0.6 is 0 Å². The lowest BCUT2D eigenvalue weighted by Crippen LogP contribution is -1.99. The molecule has 0 N–H and O–H groups in total. The van der Waals surface area contributed by atoms with Gasteiger partial charge in [-0.2, -0.15) is 0 Å². The molecule has 0 fully saturated rings. The first-order chi connectivity index (χ1) is 22.8. The van der Waals surface area contributed by atoms with Crippen LogP contribution in [0.1, 0.15) is 0 Å². The SMILES string of the molecule is c1ccc(-c2cc(-c3ncc4cnccc4n3)c3ccc4c(-c5ncc6ncccc6n5)cc(-c5ccccc5)nc4c3n2)cc1. The van der Waals surface area contributed by atoms with Gasteiger partial charge in [0.15, 0.2) is 11.6 Å². The summed E-state index contributed by atoms with van der Waals surface area (Å²) in [6.45, 7) is 0. The normalized spacial score (nSPS) is 11.5. The number of nitrogens with zero attached hydrogens (tertiary/aromatic N) is 8. The maximum atomic E-state index is 5.26. The van der Waals surface area contributed by atoms with Crippen molar-refractivity contribution in [3.05, 3.63) is 134 Å². The number of fused-ring (bicyclic) bond motifs is 5. The third kappa shape index (κ3) is 4.39. The van der Waals surface area contributed by atoms with Crippen molar-refractivity contribution in [3.8, 4) is 45.3 Å². The molecular formula is C38H22N8. The molecule has 0 aliphatic rings. The van der Waals surface area contributed by atoms with Gasteiger partial charge < -0.3 is 0 Å². The Labute approximate surface area is 262 Å². The van der Waals surface area contributed by atoms with E-state index in [1.54, 1.807) is 24.8 Å². The van der Waals surface area contributed by atoms with Gasteiger partial charge in [0.1, 0.15) is 5.52 Å². The lowest BCUT2D eigenvalue weighted by atomic mass is 9.98. The lowest BCUT2D eigenvalue weighted by Gasteiger charge is -2.14. The first kappa shape index (κ1) is 25.9. The van der Waals surface area contributed by atoms with Crippen molar-refractivity contribution in [1.82, 2.24) is 39.9 Å². The second-order valence-electron chi connectivity index (χ2n) is 10.9. The first-order valence-electron chi connectivity index (χ1n) is 14.8. The third-order valence-electron chi connectivity index (χ3n) is 8.11. The summed E-state index contributed by atoms with van der Waals surface area (Å²) in [5.41, 5.74) is 9.12. The zero-order valence-corrected chi connectivity index (χ0v) is 24.3. The number of hydrogen-bond donors (Lipinski definition) is 0. The van der Waals surface area contributed by atoms with Crippen LogP contribution in [0.2, 0.25) is 0 Å². The van der Waals surface area contributed by atoms with Crippen LogP contribution in [0.25, 0.3) is 89.0 Å². The molecule has 0 amide bonds. The average Bonchev–Trinajstić information content (AvgIpc) is 3.14. The highest BCUT2D eigenvalue weighted by Gasteiger charge is 2.19. The van der Waals surface area contributed by atoms with Crippen molar-refractivity contribution in [2.24, 2.45) is 0 Å². The largest absolute Gasteiger partial charge is 0.264 e. The molecule has 0 aliphatic heterocycles. The van der Waals surface area contributed by atoms with Crippen LogP contribution in [0.4, 0.5) is 0 Å². The monoisotopic (exact) mass is 590 g/mol. The maximum absolute atomic E-state index is 5.26. The molecule has 214 valence electrons. The fourth-order valence-corrected chi connectivity index (χ4v) is 5.86. The van der Waals surface area contributed by atoms with Gasteiger partial charge in [0.05, 0.1) is 39.7 Å². The summed E-state index contributed by atoms with van der Waals surface area (Å²) in [5, 5.41) is 2.67. The van der Waals surface area contributed by atoms with Gasteiger partial charge in [-0.1, -0.05) is 72.8 Å². The summed E-state index contributed by atoms with van der Waals surface area (Å²) < 4.78 is 0. The quantitative estimate of drug-likeness (QED) is 0.189. The fourth-order valence-electron chi connectivity index (χ4n) is 5.86. The van der Waals surface area contributed by atoms with Gasteiger partial charge in [0.25, 0.3) is 0 Å². The average molecular weight is 591 g/mol. The van der Waals surface area contributed by atoms with Crippen molar-refractivity contribution in [3.63, 3.8) is 0 Å². The number of pyridine rings is 4. The zero-order chi connectivity index (χ0) is 30.5. The molecule has 0 bridgehead atoms. The van der Waals surface area contributed by atoms with Gasteiger partial charge in [-0.3, -0.25) is 9.97 Å². The van der Waals surface area contributed by atoms with Gasteiger partial charge in [-0.05, 0) is 30.3 Å². The summed E-state index contributed by atoms with van der Waals surface area (Å²) in [4.78, 5) is 38.6. The van der Waals surface area contributed by atoms with Crippen LogP contribution in [-0.2, 0) is 0 Å². The molecule has 0 atom stereocenters. The van der Waals surface area contributed by atoms with Gasteiger partial charge >= 0.3 is 0 Å². The van der Waals surface area contributed by atoms with E-state index in [1.807, 2.05) is 60.8 Å². The van der Waals surface area contributed by atoms with Gasteiger partial charge in [-0.15, -0.1) is 0 Å². The van der Waals surface area contributed by atoms with E-state index in [0.29, 0.717) is 11.6 Å². The Morgan fingerprint density at radius 2 is 1.02 bits per heavy atom. The van der Waals surface area contributed by atoms with Crippen molar-refractivity contribution in [2.45, 2.75) is 0 Å². The number of aromatic nitrogens is 8. The van der Waals surface area contributed by atoms with Gasteiger partial charge in [0, 0.05) is 63.2 Å². The molecule has 9 aromatic rings. The molecular weight excluding hydrogens is 568 g/mol. The molecule has 3 aromatic carbocycles. The number of hydrogen-bond acceptors (Lipinski definition) is 8. The lowest BCUT2D eigenvalue weighted by molar-refractivity contribution is 1.20. The van der Waals surface area contributed by atoms with Crippen LogP contribution in [0, 0.1) is 0 Å². The van der Waals surface area contributed by atoms with E-state index in [0.717, 1.165) is 77.4 Å². The smallest absolute Gasteiger partial charge is 0.160 e. The Kier molecular flexibility index (Phi) is 5.95. The highest BCUT2D eigenvalue weighted by atomic mass is 14.9. The summed E-state index contributed by atoms with van der Waals surface area (Å²) >= 11 is 0. The van der Waals surface area contributed by atoms with Crippen molar-refractivity contribution in [1.29, 1.82) is 0 Å². The van der Waals surface area contributed by atoms with Crippen LogP contribution in [0.5, 0.6) is 0 Å². The summed E-state index contributed by atoms with van der Waals surface area (Å²) in [5.74, 6) is 1.20. The molecule has 0 unspecified atom stereocenters. The molecule has 0 aliphatic carbocycles. The second-order valence-corrected chi connectivity index (χ2v) is 10.9.